The topological polar surface area (TPSA) is 54.9 Å². The van der Waals surface area contributed by atoms with Crippen molar-refractivity contribution in [2.75, 3.05) is 45.3 Å². The summed E-state index contributed by atoms with van der Waals surface area (Å²) in [6.07, 6.45) is 1.03. The molecule has 1 saturated heterocycles. The van der Waals surface area contributed by atoms with Gasteiger partial charge in [-0.1, -0.05) is 24.3 Å². The molecule has 1 aliphatic rings. The molecule has 1 fully saturated rings. The molecule has 29 heavy (non-hydrogen) atoms. The Bertz CT molecular complexity index is 1030. The van der Waals surface area contributed by atoms with Gasteiger partial charge in [-0.15, -0.1) is 0 Å². The van der Waals surface area contributed by atoms with Crippen LogP contribution in [0.4, 0.5) is 5.13 Å². The molecule has 0 N–H and O–H groups in total. The van der Waals surface area contributed by atoms with Gasteiger partial charge < -0.3 is 19.3 Å². The highest BCUT2D eigenvalue weighted by Gasteiger charge is 2.26. The number of hydrogen-bond donors (Lipinski definition) is 0. The zero-order chi connectivity index (χ0) is 20.4. The van der Waals surface area contributed by atoms with Crippen molar-refractivity contribution in [3.05, 3.63) is 47.5 Å². The second kappa shape index (κ2) is 8.29. The fraction of sp³-hybridized carbons (Fsp3) is 0.364. The third-order valence-corrected chi connectivity index (χ3v) is 6.41. The molecule has 2 heterocycles. The number of fused-ring (bicyclic) bond motifs is 1. The molecule has 0 atom stereocenters. The monoisotopic (exact) mass is 411 g/mol. The Labute approximate surface area is 174 Å². The summed E-state index contributed by atoms with van der Waals surface area (Å²) >= 11 is 1.73. The number of aromatic nitrogens is 1. The minimum absolute atomic E-state index is 0.0129. The molecule has 0 saturated carbocycles. The van der Waals surface area contributed by atoms with E-state index in [4.69, 9.17) is 14.5 Å². The Hall–Kier alpha value is -2.80. The summed E-state index contributed by atoms with van der Waals surface area (Å²) in [5, 5.41) is 1.03. The van der Waals surface area contributed by atoms with Crippen molar-refractivity contribution in [2.24, 2.45) is 0 Å². The van der Waals surface area contributed by atoms with E-state index < -0.39 is 0 Å². The lowest BCUT2D eigenvalue weighted by Crippen LogP contribution is -2.48. The molecule has 7 heteroatoms. The molecule has 0 aliphatic carbocycles. The first-order valence-corrected chi connectivity index (χ1v) is 10.6. The predicted octanol–water partition coefficient (Wildman–Crippen LogP) is 3.84. The maximum absolute atomic E-state index is 13.0. The molecule has 0 radical (unpaired) electrons. The highest BCUT2D eigenvalue weighted by atomic mass is 32.1. The number of carbonyl (C=O) groups excluding carboxylic acids is 1. The normalized spacial score (nSPS) is 14.3. The van der Waals surface area contributed by atoms with E-state index in [1.54, 1.807) is 43.8 Å². The van der Waals surface area contributed by atoms with E-state index in [1.165, 1.54) is 10.3 Å². The lowest BCUT2D eigenvalue weighted by Gasteiger charge is -2.34. The Morgan fingerprint density at radius 2 is 1.86 bits per heavy atom. The van der Waals surface area contributed by atoms with Crippen LogP contribution in [0.2, 0.25) is 0 Å². The van der Waals surface area contributed by atoms with Gasteiger partial charge in [-0.3, -0.25) is 4.79 Å². The number of amides is 1. The summed E-state index contributed by atoms with van der Waals surface area (Å²) in [5.74, 6) is 1.20. The summed E-state index contributed by atoms with van der Waals surface area (Å²) in [5.41, 5.74) is 2.94. The largest absolute Gasteiger partial charge is 0.497 e. The van der Waals surface area contributed by atoms with Crippen molar-refractivity contribution in [3.8, 4) is 11.5 Å². The standard InChI is InChI=1S/C22H25N3O3S/c1-4-15-5-8-18-20(13-15)29-22(23-18)25-11-9-24(10-12-25)21(26)17-7-6-16(27-2)14-19(17)28-3/h5-8,13-14H,4,9-12H2,1-3H3. The lowest BCUT2D eigenvalue weighted by molar-refractivity contribution is 0.0743. The fourth-order valence-corrected chi connectivity index (χ4v) is 4.64. The number of piperazine rings is 1. The van der Waals surface area contributed by atoms with Gasteiger partial charge in [0.05, 0.1) is 30.0 Å². The van der Waals surface area contributed by atoms with Crippen LogP contribution >= 0.6 is 11.3 Å². The van der Waals surface area contributed by atoms with E-state index in [-0.39, 0.29) is 5.91 Å². The van der Waals surface area contributed by atoms with Crippen molar-refractivity contribution in [3.63, 3.8) is 0 Å². The van der Waals surface area contributed by atoms with Gasteiger partial charge in [0, 0.05) is 32.2 Å². The number of rotatable bonds is 5. The number of aryl methyl sites for hydroxylation is 1. The Balaban J connectivity index is 1.46. The van der Waals surface area contributed by atoms with Crippen LogP contribution in [-0.2, 0) is 6.42 Å². The minimum atomic E-state index is -0.0129. The summed E-state index contributed by atoms with van der Waals surface area (Å²) in [7, 11) is 3.17. The van der Waals surface area contributed by atoms with Gasteiger partial charge in [0.15, 0.2) is 5.13 Å². The molecule has 0 bridgehead atoms. The van der Waals surface area contributed by atoms with Gasteiger partial charge in [-0.2, -0.15) is 0 Å². The number of methoxy groups -OCH3 is 2. The number of ether oxygens (including phenoxy) is 2. The molecule has 3 aromatic rings. The molecule has 1 aromatic heterocycles. The smallest absolute Gasteiger partial charge is 0.257 e. The Kier molecular flexibility index (Phi) is 5.58. The van der Waals surface area contributed by atoms with Gasteiger partial charge in [0.1, 0.15) is 11.5 Å². The molecule has 6 nitrogen and oxygen atoms in total. The van der Waals surface area contributed by atoms with Crippen LogP contribution in [0.3, 0.4) is 0 Å². The molecule has 1 amide bonds. The van der Waals surface area contributed by atoms with Crippen molar-refractivity contribution in [1.29, 1.82) is 0 Å². The second-order valence-electron chi connectivity index (χ2n) is 7.00. The maximum atomic E-state index is 13.0. The van der Waals surface area contributed by atoms with Crippen molar-refractivity contribution >= 4 is 32.6 Å². The van der Waals surface area contributed by atoms with Gasteiger partial charge in [-0.25, -0.2) is 4.98 Å². The zero-order valence-corrected chi connectivity index (χ0v) is 17.8. The van der Waals surface area contributed by atoms with E-state index in [2.05, 4.69) is 30.0 Å². The van der Waals surface area contributed by atoms with Crippen molar-refractivity contribution in [2.45, 2.75) is 13.3 Å². The van der Waals surface area contributed by atoms with Crippen LogP contribution < -0.4 is 14.4 Å². The van der Waals surface area contributed by atoms with Crippen molar-refractivity contribution < 1.29 is 14.3 Å². The average molecular weight is 412 g/mol. The van der Waals surface area contributed by atoms with Crippen LogP contribution in [0.15, 0.2) is 36.4 Å². The second-order valence-corrected chi connectivity index (χ2v) is 8.01. The van der Waals surface area contributed by atoms with Crippen LogP contribution in [0.5, 0.6) is 11.5 Å². The molecule has 152 valence electrons. The quantitative estimate of drug-likeness (QED) is 0.639. The third-order valence-electron chi connectivity index (χ3n) is 5.33. The third kappa shape index (κ3) is 3.87. The molecule has 0 unspecified atom stereocenters. The first-order chi connectivity index (χ1) is 14.1. The van der Waals surface area contributed by atoms with Gasteiger partial charge in [-0.05, 0) is 36.2 Å². The van der Waals surface area contributed by atoms with E-state index in [0.29, 0.717) is 30.2 Å². The predicted molar refractivity (Wildman–Crippen MR) is 117 cm³/mol. The highest BCUT2D eigenvalue weighted by Crippen LogP contribution is 2.31. The maximum Gasteiger partial charge on any atom is 0.257 e. The molecule has 4 rings (SSSR count). The van der Waals surface area contributed by atoms with Gasteiger partial charge in [0.2, 0.25) is 0 Å². The van der Waals surface area contributed by atoms with Crippen LogP contribution in [0.25, 0.3) is 10.2 Å². The van der Waals surface area contributed by atoms with E-state index in [1.807, 2.05) is 4.90 Å². The SMILES string of the molecule is CCc1ccc2nc(N3CCN(C(=O)c4ccc(OC)cc4OC)CC3)sc2c1. The number of carbonyl (C=O) groups is 1. The number of nitrogens with zero attached hydrogens (tertiary/aromatic N) is 3. The Morgan fingerprint density at radius 1 is 1.07 bits per heavy atom. The number of anilines is 1. The lowest BCUT2D eigenvalue weighted by atomic mass is 10.1. The number of hydrogen-bond acceptors (Lipinski definition) is 6. The summed E-state index contributed by atoms with van der Waals surface area (Å²) in [4.78, 5) is 21.9. The summed E-state index contributed by atoms with van der Waals surface area (Å²) < 4.78 is 11.8. The molecule has 2 aromatic carbocycles. The molecular formula is C22H25N3O3S. The molecule has 1 aliphatic heterocycles. The molecular weight excluding hydrogens is 386 g/mol. The van der Waals surface area contributed by atoms with E-state index in [9.17, 15) is 4.79 Å². The van der Waals surface area contributed by atoms with Gasteiger partial charge in [0.25, 0.3) is 5.91 Å². The zero-order valence-electron chi connectivity index (χ0n) is 17.0. The summed E-state index contributed by atoms with van der Waals surface area (Å²) in [6, 6.07) is 11.8. The van der Waals surface area contributed by atoms with Gasteiger partial charge >= 0.3 is 0 Å². The number of thiazole rings is 1. The van der Waals surface area contributed by atoms with E-state index >= 15 is 0 Å². The summed E-state index contributed by atoms with van der Waals surface area (Å²) in [6.45, 7) is 5.01. The van der Waals surface area contributed by atoms with Crippen LogP contribution in [-0.4, -0.2) is 56.2 Å². The first kappa shape index (κ1) is 19.5. The van der Waals surface area contributed by atoms with Crippen LogP contribution in [0.1, 0.15) is 22.8 Å². The molecule has 0 spiro atoms. The number of benzene rings is 2. The highest BCUT2D eigenvalue weighted by molar-refractivity contribution is 7.22. The van der Waals surface area contributed by atoms with E-state index in [0.717, 1.165) is 30.2 Å². The minimum Gasteiger partial charge on any atom is -0.497 e. The first-order valence-electron chi connectivity index (χ1n) is 9.78. The average Bonchev–Trinajstić information content (AvgIpc) is 3.21. The van der Waals surface area contributed by atoms with Crippen LogP contribution in [0, 0.1) is 0 Å². The Morgan fingerprint density at radius 3 is 2.55 bits per heavy atom. The fourth-order valence-electron chi connectivity index (χ4n) is 3.56. The van der Waals surface area contributed by atoms with Crippen molar-refractivity contribution in [1.82, 2.24) is 9.88 Å².